The highest BCUT2D eigenvalue weighted by Crippen LogP contribution is 2.19. The van der Waals surface area contributed by atoms with Crippen LogP contribution in [0.5, 0.6) is 0 Å². The maximum atomic E-state index is 12.2. The number of thiazole rings is 1. The van der Waals surface area contributed by atoms with E-state index in [9.17, 15) is 9.59 Å². The maximum absolute atomic E-state index is 12.2. The number of aryl methyl sites for hydroxylation is 1. The molecule has 2 N–H and O–H groups in total. The van der Waals surface area contributed by atoms with Gasteiger partial charge in [0, 0.05) is 23.9 Å². The Hall–Kier alpha value is -2.19. The molecule has 0 bridgehead atoms. The fourth-order valence-electron chi connectivity index (χ4n) is 2.76. The standard InChI is InChI=1S/C17H21N3O4S/c1-10(12-3-5-23-8-12)18-15(21)7-13-9-25-17(19-13)20-16(22)14-4-6-24-11(14)2/h4,6,9-10,12H,3,5,7-8H2,1-2H3,(H,18,21)(H,19,20,22)/t10-,12-/m0/s1. The van der Waals surface area contributed by atoms with Crippen LogP contribution < -0.4 is 10.6 Å². The van der Waals surface area contributed by atoms with Crippen molar-refractivity contribution < 1.29 is 18.7 Å². The summed E-state index contributed by atoms with van der Waals surface area (Å²) in [4.78, 5) is 28.6. The number of carbonyl (C=O) groups is 2. The summed E-state index contributed by atoms with van der Waals surface area (Å²) in [6.45, 7) is 5.18. The number of furan rings is 1. The van der Waals surface area contributed by atoms with Gasteiger partial charge >= 0.3 is 0 Å². The first-order chi connectivity index (χ1) is 12.0. The number of rotatable bonds is 6. The van der Waals surface area contributed by atoms with E-state index < -0.39 is 0 Å². The van der Waals surface area contributed by atoms with Gasteiger partial charge in [-0.2, -0.15) is 0 Å². The third-order valence-corrected chi connectivity index (χ3v) is 5.08. The smallest absolute Gasteiger partial charge is 0.260 e. The van der Waals surface area contributed by atoms with Gasteiger partial charge < -0.3 is 14.5 Å². The van der Waals surface area contributed by atoms with Crippen molar-refractivity contribution in [2.75, 3.05) is 18.5 Å². The van der Waals surface area contributed by atoms with Crippen LogP contribution in [-0.4, -0.2) is 36.1 Å². The largest absolute Gasteiger partial charge is 0.469 e. The molecule has 25 heavy (non-hydrogen) atoms. The molecule has 1 saturated heterocycles. The molecule has 3 heterocycles. The lowest BCUT2D eigenvalue weighted by Gasteiger charge is -2.18. The molecule has 0 radical (unpaired) electrons. The van der Waals surface area contributed by atoms with Crippen LogP contribution in [0.2, 0.25) is 0 Å². The van der Waals surface area contributed by atoms with Crippen molar-refractivity contribution in [1.82, 2.24) is 10.3 Å². The first kappa shape index (κ1) is 17.6. The van der Waals surface area contributed by atoms with E-state index in [-0.39, 0.29) is 24.3 Å². The molecule has 3 rings (SSSR count). The number of amides is 2. The lowest BCUT2D eigenvalue weighted by atomic mass is 10.0. The second-order valence-electron chi connectivity index (χ2n) is 6.15. The van der Waals surface area contributed by atoms with E-state index in [4.69, 9.17) is 9.15 Å². The monoisotopic (exact) mass is 363 g/mol. The molecule has 0 unspecified atom stereocenters. The zero-order valence-electron chi connectivity index (χ0n) is 14.2. The van der Waals surface area contributed by atoms with Gasteiger partial charge in [0.2, 0.25) is 5.91 Å². The van der Waals surface area contributed by atoms with Gasteiger partial charge in [-0.1, -0.05) is 0 Å². The molecule has 134 valence electrons. The summed E-state index contributed by atoms with van der Waals surface area (Å²) in [5, 5.41) is 7.96. The molecular weight excluding hydrogens is 342 g/mol. The van der Waals surface area contributed by atoms with Crippen molar-refractivity contribution in [3.8, 4) is 0 Å². The van der Waals surface area contributed by atoms with Crippen LogP contribution in [0.4, 0.5) is 5.13 Å². The normalized spacial score (nSPS) is 18.1. The summed E-state index contributed by atoms with van der Waals surface area (Å²) in [6.07, 6.45) is 2.63. The lowest BCUT2D eigenvalue weighted by Crippen LogP contribution is -2.39. The van der Waals surface area contributed by atoms with Crippen LogP contribution in [0.3, 0.4) is 0 Å². The van der Waals surface area contributed by atoms with Gasteiger partial charge in [-0.15, -0.1) is 11.3 Å². The second kappa shape index (κ2) is 7.79. The Balaban J connectivity index is 1.52. The molecule has 8 heteroatoms. The Labute approximate surface area is 149 Å². The van der Waals surface area contributed by atoms with Crippen LogP contribution in [0, 0.1) is 12.8 Å². The summed E-state index contributed by atoms with van der Waals surface area (Å²) < 4.78 is 10.5. The minimum Gasteiger partial charge on any atom is -0.469 e. The second-order valence-corrected chi connectivity index (χ2v) is 7.00. The molecule has 2 atom stereocenters. The zero-order chi connectivity index (χ0) is 17.8. The summed E-state index contributed by atoms with van der Waals surface area (Å²) in [5.74, 6) is 0.575. The highest BCUT2D eigenvalue weighted by Gasteiger charge is 2.23. The molecule has 2 amide bonds. The van der Waals surface area contributed by atoms with Crippen molar-refractivity contribution in [3.63, 3.8) is 0 Å². The Morgan fingerprint density at radius 1 is 1.48 bits per heavy atom. The van der Waals surface area contributed by atoms with Crippen LogP contribution >= 0.6 is 11.3 Å². The Kier molecular flexibility index (Phi) is 5.50. The highest BCUT2D eigenvalue weighted by atomic mass is 32.1. The van der Waals surface area contributed by atoms with E-state index in [0.717, 1.165) is 13.0 Å². The molecule has 2 aromatic heterocycles. The number of aromatic nitrogens is 1. The number of hydrogen-bond donors (Lipinski definition) is 2. The number of nitrogens with one attached hydrogen (secondary N) is 2. The predicted molar refractivity (Wildman–Crippen MR) is 93.7 cm³/mol. The quantitative estimate of drug-likeness (QED) is 0.822. The molecule has 1 aliphatic heterocycles. The van der Waals surface area contributed by atoms with Crippen LogP contribution in [0.25, 0.3) is 0 Å². The SMILES string of the molecule is Cc1occc1C(=O)Nc1nc(CC(=O)N[C@@H](C)[C@H]2CCOC2)cs1. The zero-order valence-corrected chi connectivity index (χ0v) is 15.0. The fraction of sp³-hybridized carbons (Fsp3) is 0.471. The minimum absolute atomic E-state index is 0.0757. The molecule has 0 aliphatic carbocycles. The summed E-state index contributed by atoms with van der Waals surface area (Å²) in [7, 11) is 0. The molecule has 1 aliphatic rings. The first-order valence-electron chi connectivity index (χ1n) is 8.20. The molecule has 2 aromatic rings. The van der Waals surface area contributed by atoms with Gasteiger partial charge in [0.05, 0.1) is 30.5 Å². The third kappa shape index (κ3) is 4.46. The number of ether oxygens (including phenoxy) is 1. The molecule has 0 spiro atoms. The third-order valence-electron chi connectivity index (χ3n) is 4.28. The number of hydrogen-bond acceptors (Lipinski definition) is 6. The van der Waals surface area contributed by atoms with Crippen molar-refractivity contribution in [3.05, 3.63) is 34.7 Å². The average Bonchev–Trinajstić information content (AvgIpc) is 3.28. The number of nitrogens with zero attached hydrogens (tertiary/aromatic N) is 1. The molecule has 1 fully saturated rings. The molecule has 0 saturated carbocycles. The van der Waals surface area contributed by atoms with E-state index in [1.54, 1.807) is 18.4 Å². The highest BCUT2D eigenvalue weighted by molar-refractivity contribution is 7.14. The van der Waals surface area contributed by atoms with Crippen molar-refractivity contribution in [2.45, 2.75) is 32.7 Å². The topological polar surface area (TPSA) is 93.5 Å². The molecule has 7 nitrogen and oxygen atoms in total. The van der Waals surface area contributed by atoms with Gasteiger partial charge in [-0.25, -0.2) is 4.98 Å². The van der Waals surface area contributed by atoms with Crippen LogP contribution in [-0.2, 0) is 16.0 Å². The average molecular weight is 363 g/mol. The Bertz CT molecular complexity index is 749. The minimum atomic E-state index is -0.272. The van der Waals surface area contributed by atoms with Gasteiger partial charge in [0.25, 0.3) is 5.91 Å². The summed E-state index contributed by atoms with van der Waals surface area (Å²) in [5.41, 5.74) is 1.11. The fourth-order valence-corrected chi connectivity index (χ4v) is 3.47. The van der Waals surface area contributed by atoms with E-state index in [0.29, 0.717) is 34.7 Å². The summed E-state index contributed by atoms with van der Waals surface area (Å²) >= 11 is 1.29. The molecular formula is C17H21N3O4S. The Morgan fingerprint density at radius 2 is 2.32 bits per heavy atom. The van der Waals surface area contributed by atoms with Crippen molar-refractivity contribution in [1.29, 1.82) is 0 Å². The van der Waals surface area contributed by atoms with Crippen LogP contribution in [0.1, 0.15) is 35.2 Å². The van der Waals surface area contributed by atoms with E-state index in [1.165, 1.54) is 17.6 Å². The molecule has 0 aromatic carbocycles. The van der Waals surface area contributed by atoms with Gasteiger partial charge in [-0.05, 0) is 26.3 Å². The maximum Gasteiger partial charge on any atom is 0.260 e. The first-order valence-corrected chi connectivity index (χ1v) is 9.08. The number of carbonyl (C=O) groups excluding carboxylic acids is 2. The van der Waals surface area contributed by atoms with Gasteiger partial charge in [0.1, 0.15) is 5.76 Å². The van der Waals surface area contributed by atoms with E-state index in [2.05, 4.69) is 15.6 Å². The van der Waals surface area contributed by atoms with E-state index >= 15 is 0 Å². The predicted octanol–water partition coefficient (Wildman–Crippen LogP) is 2.38. The van der Waals surface area contributed by atoms with Crippen molar-refractivity contribution >= 4 is 28.3 Å². The van der Waals surface area contributed by atoms with Gasteiger partial charge in [-0.3, -0.25) is 14.9 Å². The van der Waals surface area contributed by atoms with E-state index in [1.807, 2.05) is 6.92 Å². The van der Waals surface area contributed by atoms with Crippen LogP contribution in [0.15, 0.2) is 22.1 Å². The van der Waals surface area contributed by atoms with Gasteiger partial charge in [0.15, 0.2) is 5.13 Å². The Morgan fingerprint density at radius 3 is 3.00 bits per heavy atom. The van der Waals surface area contributed by atoms with Crippen molar-refractivity contribution in [2.24, 2.45) is 5.92 Å². The number of anilines is 1. The summed E-state index contributed by atoms with van der Waals surface area (Å²) in [6, 6.07) is 1.69. The lowest BCUT2D eigenvalue weighted by molar-refractivity contribution is -0.121.